The van der Waals surface area contributed by atoms with Gasteiger partial charge in [-0.2, -0.15) is 4.98 Å². The van der Waals surface area contributed by atoms with Crippen molar-refractivity contribution in [2.75, 3.05) is 0 Å². The Morgan fingerprint density at radius 3 is 2.71 bits per heavy atom. The lowest BCUT2D eigenvalue weighted by Gasteiger charge is -2.07. The van der Waals surface area contributed by atoms with Crippen molar-refractivity contribution in [1.82, 2.24) is 15.1 Å². The van der Waals surface area contributed by atoms with Crippen LogP contribution < -0.4 is 0 Å². The zero-order valence-electron chi connectivity index (χ0n) is 14.6. The maximum Gasteiger partial charge on any atom is 0.340 e. The third kappa shape index (κ3) is 3.70. The van der Waals surface area contributed by atoms with Gasteiger partial charge in [-0.1, -0.05) is 16.8 Å². The fraction of sp³-hybridized carbons (Fsp3) is 0.100. The van der Waals surface area contributed by atoms with E-state index in [1.165, 1.54) is 24.3 Å². The molecule has 28 heavy (non-hydrogen) atoms. The summed E-state index contributed by atoms with van der Waals surface area (Å²) >= 11 is 6.00. The molecule has 0 aliphatic rings. The third-order valence-corrected chi connectivity index (χ3v) is 4.32. The van der Waals surface area contributed by atoms with E-state index in [1.807, 2.05) is 0 Å². The Morgan fingerprint density at radius 2 is 1.93 bits per heavy atom. The minimum absolute atomic E-state index is 0.127. The zero-order chi connectivity index (χ0) is 19.7. The van der Waals surface area contributed by atoms with Gasteiger partial charge in [-0.3, -0.25) is 4.98 Å². The number of aryl methyl sites for hydroxylation is 1. The number of benzene rings is 2. The van der Waals surface area contributed by atoms with E-state index < -0.39 is 5.97 Å². The number of nitrogens with zero attached hydrogens (tertiary/aromatic N) is 3. The van der Waals surface area contributed by atoms with Crippen molar-refractivity contribution in [3.05, 3.63) is 76.5 Å². The summed E-state index contributed by atoms with van der Waals surface area (Å²) in [5.41, 5.74) is 2.19. The Kier molecular flexibility index (Phi) is 4.75. The average Bonchev–Trinajstić information content (AvgIpc) is 3.15. The van der Waals surface area contributed by atoms with Gasteiger partial charge in [-0.15, -0.1) is 0 Å². The summed E-state index contributed by atoms with van der Waals surface area (Å²) in [5, 5.41) is 5.10. The van der Waals surface area contributed by atoms with E-state index in [-0.39, 0.29) is 24.1 Å². The molecule has 0 N–H and O–H groups in total. The predicted molar refractivity (Wildman–Crippen MR) is 100 cm³/mol. The molecule has 0 saturated heterocycles. The zero-order valence-corrected chi connectivity index (χ0v) is 15.4. The van der Waals surface area contributed by atoms with Crippen molar-refractivity contribution in [1.29, 1.82) is 0 Å². The van der Waals surface area contributed by atoms with Gasteiger partial charge in [0.05, 0.1) is 16.8 Å². The molecule has 2 aromatic heterocycles. The number of ether oxygens (including phenoxy) is 1. The number of rotatable bonds is 4. The van der Waals surface area contributed by atoms with Gasteiger partial charge in [0.1, 0.15) is 5.82 Å². The molecule has 0 unspecified atom stereocenters. The van der Waals surface area contributed by atoms with E-state index in [2.05, 4.69) is 15.1 Å². The molecule has 0 atom stereocenters. The van der Waals surface area contributed by atoms with Crippen molar-refractivity contribution < 1.29 is 18.4 Å². The number of carbonyl (C=O) groups excluding carboxylic acids is 1. The number of hydrogen-bond acceptors (Lipinski definition) is 6. The second-order valence-electron chi connectivity index (χ2n) is 6.05. The third-order valence-electron chi connectivity index (χ3n) is 4.08. The monoisotopic (exact) mass is 397 g/mol. The minimum atomic E-state index is -0.562. The van der Waals surface area contributed by atoms with Crippen LogP contribution in [0.2, 0.25) is 5.02 Å². The van der Waals surface area contributed by atoms with Crippen LogP contribution in [-0.2, 0) is 11.3 Å². The molecule has 0 amide bonds. The number of aromatic nitrogens is 3. The molecule has 0 aliphatic carbocycles. The van der Waals surface area contributed by atoms with E-state index in [0.29, 0.717) is 21.8 Å². The summed E-state index contributed by atoms with van der Waals surface area (Å²) in [5.74, 6) is -0.512. The van der Waals surface area contributed by atoms with Crippen LogP contribution in [0, 0.1) is 12.7 Å². The highest BCUT2D eigenvalue weighted by Crippen LogP contribution is 2.22. The molecular weight excluding hydrogens is 385 g/mol. The number of pyridine rings is 1. The summed E-state index contributed by atoms with van der Waals surface area (Å²) in [6, 6.07) is 12.6. The van der Waals surface area contributed by atoms with Crippen LogP contribution in [0.15, 0.2) is 53.1 Å². The number of fused-ring (bicyclic) bond motifs is 1. The smallest absolute Gasteiger partial charge is 0.340 e. The first kappa shape index (κ1) is 18.1. The molecule has 0 spiro atoms. The highest BCUT2D eigenvalue weighted by atomic mass is 35.5. The largest absolute Gasteiger partial charge is 0.452 e. The maximum absolute atomic E-state index is 13.0. The first-order valence-electron chi connectivity index (χ1n) is 8.32. The Hall–Kier alpha value is -3.32. The second-order valence-corrected chi connectivity index (χ2v) is 6.49. The van der Waals surface area contributed by atoms with Gasteiger partial charge in [0.15, 0.2) is 6.61 Å². The van der Waals surface area contributed by atoms with Gasteiger partial charge in [-0.25, -0.2) is 9.18 Å². The van der Waals surface area contributed by atoms with Gasteiger partial charge in [0.2, 0.25) is 5.82 Å². The number of halogens is 2. The van der Waals surface area contributed by atoms with Gasteiger partial charge < -0.3 is 9.26 Å². The standard InChI is InChI=1S/C20H13ClFN3O3/c1-11-16(9-13-8-14(21)4-7-17(13)23-11)20(26)27-10-18-24-19(25-28-18)12-2-5-15(22)6-3-12/h2-9H,10H2,1H3. The first-order valence-corrected chi connectivity index (χ1v) is 8.70. The summed E-state index contributed by atoms with van der Waals surface area (Å²) in [4.78, 5) is 21.0. The molecule has 0 fully saturated rings. The SMILES string of the molecule is Cc1nc2ccc(Cl)cc2cc1C(=O)OCc1nc(-c2ccc(F)cc2)no1. The Bertz CT molecular complexity index is 1180. The van der Waals surface area contributed by atoms with Crippen molar-refractivity contribution in [2.24, 2.45) is 0 Å². The predicted octanol–water partition coefficient (Wildman–Crippen LogP) is 4.74. The Morgan fingerprint density at radius 1 is 1.14 bits per heavy atom. The van der Waals surface area contributed by atoms with E-state index in [9.17, 15) is 9.18 Å². The van der Waals surface area contributed by atoms with Crippen LogP contribution in [0.4, 0.5) is 4.39 Å². The van der Waals surface area contributed by atoms with Gasteiger partial charge in [-0.05, 0) is 55.5 Å². The average molecular weight is 398 g/mol. The molecule has 0 bridgehead atoms. The van der Waals surface area contributed by atoms with Crippen molar-refractivity contribution >= 4 is 28.5 Å². The van der Waals surface area contributed by atoms with Crippen LogP contribution in [0.25, 0.3) is 22.3 Å². The molecular formula is C20H13ClFN3O3. The van der Waals surface area contributed by atoms with Crippen molar-refractivity contribution in [3.63, 3.8) is 0 Å². The normalized spacial score (nSPS) is 11.0. The quantitative estimate of drug-likeness (QED) is 0.463. The molecule has 8 heteroatoms. The van der Waals surface area contributed by atoms with Crippen LogP contribution in [0.3, 0.4) is 0 Å². The topological polar surface area (TPSA) is 78.1 Å². The lowest BCUT2D eigenvalue weighted by molar-refractivity contribution is 0.0428. The van der Waals surface area contributed by atoms with E-state index in [4.69, 9.17) is 20.9 Å². The molecule has 0 saturated carbocycles. The molecule has 4 rings (SSSR count). The summed E-state index contributed by atoms with van der Waals surface area (Å²) in [6.07, 6.45) is 0. The fourth-order valence-electron chi connectivity index (χ4n) is 2.69. The Balaban J connectivity index is 1.49. The number of esters is 1. The Labute approximate surface area is 163 Å². The van der Waals surface area contributed by atoms with E-state index in [1.54, 1.807) is 31.2 Å². The van der Waals surface area contributed by atoms with Gasteiger partial charge in [0, 0.05) is 16.0 Å². The molecule has 140 valence electrons. The van der Waals surface area contributed by atoms with Gasteiger partial charge >= 0.3 is 5.97 Å². The number of carbonyl (C=O) groups is 1. The van der Waals surface area contributed by atoms with E-state index >= 15 is 0 Å². The highest BCUT2D eigenvalue weighted by Gasteiger charge is 2.16. The lowest BCUT2D eigenvalue weighted by atomic mass is 10.1. The molecule has 0 aliphatic heterocycles. The van der Waals surface area contributed by atoms with Crippen LogP contribution in [-0.4, -0.2) is 21.1 Å². The summed E-state index contributed by atoms with van der Waals surface area (Å²) in [7, 11) is 0. The molecule has 2 heterocycles. The highest BCUT2D eigenvalue weighted by molar-refractivity contribution is 6.31. The van der Waals surface area contributed by atoms with Crippen LogP contribution in [0.5, 0.6) is 0 Å². The first-order chi connectivity index (χ1) is 13.5. The molecule has 4 aromatic rings. The summed E-state index contributed by atoms with van der Waals surface area (Å²) < 4.78 is 23.4. The second kappa shape index (κ2) is 7.36. The van der Waals surface area contributed by atoms with E-state index in [0.717, 1.165) is 10.9 Å². The maximum atomic E-state index is 13.0. The lowest BCUT2D eigenvalue weighted by Crippen LogP contribution is -2.08. The van der Waals surface area contributed by atoms with Crippen LogP contribution >= 0.6 is 11.6 Å². The summed E-state index contributed by atoms with van der Waals surface area (Å²) in [6.45, 7) is 1.53. The van der Waals surface area contributed by atoms with Crippen LogP contribution in [0.1, 0.15) is 21.9 Å². The fourth-order valence-corrected chi connectivity index (χ4v) is 2.87. The van der Waals surface area contributed by atoms with Crippen molar-refractivity contribution in [2.45, 2.75) is 13.5 Å². The number of hydrogen-bond donors (Lipinski definition) is 0. The molecule has 2 aromatic carbocycles. The molecule has 0 radical (unpaired) electrons. The minimum Gasteiger partial charge on any atom is -0.452 e. The molecule has 6 nitrogen and oxygen atoms in total. The van der Waals surface area contributed by atoms with Crippen molar-refractivity contribution in [3.8, 4) is 11.4 Å². The van der Waals surface area contributed by atoms with Gasteiger partial charge in [0.25, 0.3) is 5.89 Å².